The average Bonchev–Trinajstić information content (AvgIpc) is 2.64. The van der Waals surface area contributed by atoms with Crippen LogP contribution in [-0.2, 0) is 10.2 Å². The Labute approximate surface area is 165 Å². The fraction of sp³-hybridized carbons (Fsp3) is 0.619. The van der Waals surface area contributed by atoms with Crippen LogP contribution in [0.3, 0.4) is 0 Å². The standard InChI is InChI=1S/C21H35N3O2S/c1-18(2)12-13-21(20-10-6-5-7-11-20)17-24-14-8-9-19(16-24)15-22-27(25,26)23(3)4/h5-7,10-11,13,18-19,22H,8-9,12,14-17H2,1-4H3/b21-13+/t19-/m1/s1. The van der Waals surface area contributed by atoms with E-state index in [-0.39, 0.29) is 0 Å². The normalized spacial score (nSPS) is 19.8. The molecule has 1 atom stereocenters. The Morgan fingerprint density at radius 2 is 2.00 bits per heavy atom. The number of benzene rings is 1. The van der Waals surface area contributed by atoms with E-state index < -0.39 is 10.2 Å². The van der Waals surface area contributed by atoms with E-state index in [1.165, 1.54) is 15.4 Å². The van der Waals surface area contributed by atoms with E-state index in [4.69, 9.17) is 0 Å². The summed E-state index contributed by atoms with van der Waals surface area (Å²) in [6.45, 7) is 7.92. The summed E-state index contributed by atoms with van der Waals surface area (Å²) < 4.78 is 27.9. The number of hydrogen-bond acceptors (Lipinski definition) is 3. The minimum Gasteiger partial charge on any atom is -0.299 e. The van der Waals surface area contributed by atoms with Gasteiger partial charge in [-0.15, -0.1) is 0 Å². The van der Waals surface area contributed by atoms with Gasteiger partial charge in [0.05, 0.1) is 0 Å². The van der Waals surface area contributed by atoms with Crippen molar-refractivity contribution in [2.24, 2.45) is 11.8 Å². The van der Waals surface area contributed by atoms with E-state index in [1.807, 2.05) is 0 Å². The third-order valence-corrected chi connectivity index (χ3v) is 6.51. The van der Waals surface area contributed by atoms with Gasteiger partial charge in [-0.2, -0.15) is 12.7 Å². The molecule has 1 aromatic rings. The average molecular weight is 394 g/mol. The summed E-state index contributed by atoms with van der Waals surface area (Å²) in [5.41, 5.74) is 2.66. The van der Waals surface area contributed by atoms with E-state index in [1.54, 1.807) is 14.1 Å². The van der Waals surface area contributed by atoms with Gasteiger partial charge >= 0.3 is 0 Å². The molecule has 27 heavy (non-hydrogen) atoms. The number of likely N-dealkylation sites (tertiary alicyclic amines) is 1. The van der Waals surface area contributed by atoms with Crippen LogP contribution >= 0.6 is 0 Å². The smallest absolute Gasteiger partial charge is 0.278 e. The molecule has 1 aromatic carbocycles. The molecule has 0 radical (unpaired) electrons. The van der Waals surface area contributed by atoms with Gasteiger partial charge in [0.25, 0.3) is 10.2 Å². The van der Waals surface area contributed by atoms with Crippen LogP contribution in [0.4, 0.5) is 0 Å². The summed E-state index contributed by atoms with van der Waals surface area (Å²) in [5, 5.41) is 0. The topological polar surface area (TPSA) is 52.7 Å². The second-order valence-corrected chi connectivity index (χ2v) is 10.1. The summed E-state index contributed by atoms with van der Waals surface area (Å²) in [5.74, 6) is 0.994. The van der Waals surface area contributed by atoms with Crippen molar-refractivity contribution in [3.05, 3.63) is 42.0 Å². The van der Waals surface area contributed by atoms with Crippen LogP contribution in [0.2, 0.25) is 0 Å². The molecule has 0 unspecified atom stereocenters. The van der Waals surface area contributed by atoms with Crippen LogP contribution in [0.5, 0.6) is 0 Å². The minimum atomic E-state index is -3.35. The van der Waals surface area contributed by atoms with Gasteiger partial charge in [-0.05, 0) is 48.8 Å². The summed E-state index contributed by atoms with van der Waals surface area (Å²) in [6, 6.07) is 10.6. The largest absolute Gasteiger partial charge is 0.299 e. The number of rotatable bonds is 9. The van der Waals surface area contributed by atoms with Crippen molar-refractivity contribution in [3.63, 3.8) is 0 Å². The maximum atomic E-state index is 12.0. The lowest BCUT2D eigenvalue weighted by Crippen LogP contribution is -2.44. The van der Waals surface area contributed by atoms with Crippen LogP contribution in [0.1, 0.15) is 38.7 Å². The van der Waals surface area contributed by atoms with Gasteiger partial charge < -0.3 is 0 Å². The third kappa shape index (κ3) is 7.37. The zero-order valence-electron chi connectivity index (χ0n) is 17.2. The number of allylic oxidation sites excluding steroid dienone is 1. The number of hydrogen-bond donors (Lipinski definition) is 1. The highest BCUT2D eigenvalue weighted by Crippen LogP contribution is 2.22. The summed E-state index contributed by atoms with van der Waals surface area (Å²) in [4.78, 5) is 2.47. The predicted molar refractivity (Wildman–Crippen MR) is 114 cm³/mol. The first-order valence-electron chi connectivity index (χ1n) is 9.92. The van der Waals surface area contributed by atoms with Crippen molar-refractivity contribution in [2.75, 3.05) is 40.3 Å². The monoisotopic (exact) mass is 393 g/mol. The molecule has 0 amide bonds. The van der Waals surface area contributed by atoms with Crippen molar-refractivity contribution in [1.82, 2.24) is 13.9 Å². The second-order valence-electron chi connectivity index (χ2n) is 8.10. The molecule has 1 aliphatic heterocycles. The van der Waals surface area contributed by atoms with Crippen LogP contribution in [-0.4, -0.2) is 57.9 Å². The summed E-state index contributed by atoms with van der Waals surface area (Å²) in [6.07, 6.45) is 5.63. The van der Waals surface area contributed by atoms with E-state index >= 15 is 0 Å². The molecule has 1 aliphatic rings. The Morgan fingerprint density at radius 3 is 2.63 bits per heavy atom. The Morgan fingerprint density at radius 1 is 1.30 bits per heavy atom. The zero-order valence-corrected chi connectivity index (χ0v) is 18.0. The maximum absolute atomic E-state index is 12.0. The van der Waals surface area contributed by atoms with E-state index in [9.17, 15) is 8.42 Å². The van der Waals surface area contributed by atoms with Gasteiger partial charge in [-0.25, -0.2) is 4.72 Å². The van der Waals surface area contributed by atoms with Gasteiger partial charge in [-0.1, -0.05) is 50.3 Å². The quantitative estimate of drug-likeness (QED) is 0.701. The molecule has 1 saturated heterocycles. The van der Waals surface area contributed by atoms with Gasteiger partial charge in [0, 0.05) is 33.7 Å². The lowest BCUT2D eigenvalue weighted by Gasteiger charge is -2.33. The zero-order chi connectivity index (χ0) is 19.9. The predicted octanol–water partition coefficient (Wildman–Crippen LogP) is 3.22. The summed E-state index contributed by atoms with van der Waals surface area (Å²) >= 11 is 0. The van der Waals surface area contributed by atoms with E-state index in [0.717, 1.165) is 38.9 Å². The van der Waals surface area contributed by atoms with Gasteiger partial charge in [0.1, 0.15) is 0 Å². The molecular formula is C21H35N3O2S. The molecule has 5 nitrogen and oxygen atoms in total. The fourth-order valence-electron chi connectivity index (χ4n) is 3.36. The van der Waals surface area contributed by atoms with Crippen LogP contribution in [0.15, 0.2) is 36.4 Å². The highest BCUT2D eigenvalue weighted by atomic mass is 32.2. The Bertz CT molecular complexity index is 699. The molecular weight excluding hydrogens is 358 g/mol. The third-order valence-electron chi connectivity index (χ3n) is 5.01. The molecule has 0 bridgehead atoms. The van der Waals surface area contributed by atoms with Crippen LogP contribution < -0.4 is 4.72 Å². The van der Waals surface area contributed by atoms with Gasteiger partial charge in [0.2, 0.25) is 0 Å². The Balaban J connectivity index is 2.00. The molecule has 0 spiro atoms. The number of piperidine rings is 1. The van der Waals surface area contributed by atoms with E-state index in [0.29, 0.717) is 18.4 Å². The van der Waals surface area contributed by atoms with Crippen LogP contribution in [0.25, 0.3) is 5.57 Å². The van der Waals surface area contributed by atoms with Crippen molar-refractivity contribution in [1.29, 1.82) is 0 Å². The lowest BCUT2D eigenvalue weighted by molar-refractivity contribution is 0.194. The molecule has 2 rings (SSSR count). The fourth-order valence-corrected chi connectivity index (χ4v) is 4.06. The van der Waals surface area contributed by atoms with Crippen molar-refractivity contribution < 1.29 is 8.42 Å². The van der Waals surface area contributed by atoms with E-state index in [2.05, 4.69) is 59.9 Å². The van der Waals surface area contributed by atoms with Gasteiger partial charge in [0.15, 0.2) is 0 Å². The molecule has 152 valence electrons. The number of nitrogens with zero attached hydrogens (tertiary/aromatic N) is 2. The highest BCUT2D eigenvalue weighted by Gasteiger charge is 2.23. The Hall–Kier alpha value is -1.21. The summed E-state index contributed by atoms with van der Waals surface area (Å²) in [7, 11) is -0.232. The van der Waals surface area contributed by atoms with Crippen molar-refractivity contribution in [2.45, 2.75) is 33.1 Å². The molecule has 6 heteroatoms. The lowest BCUT2D eigenvalue weighted by atomic mass is 9.96. The molecule has 0 saturated carbocycles. The maximum Gasteiger partial charge on any atom is 0.278 e. The van der Waals surface area contributed by atoms with Crippen molar-refractivity contribution in [3.8, 4) is 0 Å². The second kappa shape index (κ2) is 10.4. The first-order chi connectivity index (χ1) is 12.8. The van der Waals surface area contributed by atoms with Crippen LogP contribution in [0, 0.1) is 11.8 Å². The first kappa shape index (κ1) is 22.1. The first-order valence-corrected chi connectivity index (χ1v) is 11.4. The highest BCUT2D eigenvalue weighted by molar-refractivity contribution is 7.87. The molecule has 0 aliphatic carbocycles. The molecule has 0 aromatic heterocycles. The minimum absolute atomic E-state index is 0.357. The Kier molecular flexibility index (Phi) is 8.48. The van der Waals surface area contributed by atoms with Crippen molar-refractivity contribution >= 4 is 15.8 Å². The molecule has 1 fully saturated rings. The molecule has 1 heterocycles. The van der Waals surface area contributed by atoms with Gasteiger partial charge in [-0.3, -0.25) is 4.90 Å². The molecule has 1 N–H and O–H groups in total. The number of nitrogens with one attached hydrogen (secondary N) is 1. The SMILES string of the molecule is CC(C)C/C=C(\CN1CCC[C@H](CNS(=O)(=O)N(C)C)C1)c1ccccc1.